The first kappa shape index (κ1) is 15.7. The zero-order chi connectivity index (χ0) is 15.8. The predicted molar refractivity (Wildman–Crippen MR) is 79.4 cm³/mol. The van der Waals surface area contributed by atoms with Crippen molar-refractivity contribution in [3.05, 3.63) is 27.4 Å². The summed E-state index contributed by atoms with van der Waals surface area (Å²) in [6.07, 6.45) is 1.04. The van der Waals surface area contributed by atoms with E-state index in [9.17, 15) is 14.7 Å². The SMILES string of the molecule is Cc1nc(C(C)C)[nH]c(=O)c1C(=O)N1CCC(C)(O)CC1. The third-order valence-corrected chi connectivity index (χ3v) is 4.01. The molecule has 2 N–H and O–H groups in total. The first-order valence-electron chi connectivity index (χ1n) is 7.34. The van der Waals surface area contributed by atoms with Crippen molar-refractivity contribution in [2.45, 2.75) is 52.1 Å². The number of hydrogen-bond acceptors (Lipinski definition) is 4. The summed E-state index contributed by atoms with van der Waals surface area (Å²) in [6, 6.07) is 0. The van der Waals surface area contributed by atoms with Crippen LogP contribution in [0.1, 0.15) is 61.4 Å². The highest BCUT2D eigenvalue weighted by Gasteiger charge is 2.31. The number of hydrogen-bond donors (Lipinski definition) is 2. The zero-order valence-corrected chi connectivity index (χ0v) is 13.1. The number of likely N-dealkylation sites (tertiary alicyclic amines) is 1. The highest BCUT2D eigenvalue weighted by atomic mass is 16.3. The number of amides is 1. The van der Waals surface area contributed by atoms with E-state index in [1.165, 1.54) is 0 Å². The summed E-state index contributed by atoms with van der Waals surface area (Å²) >= 11 is 0. The maximum atomic E-state index is 12.5. The topological polar surface area (TPSA) is 86.3 Å². The maximum absolute atomic E-state index is 12.5. The standard InChI is InChI=1S/C15H23N3O3/c1-9(2)12-16-10(3)11(13(19)17-12)14(20)18-7-5-15(4,21)6-8-18/h9,21H,5-8H2,1-4H3,(H,16,17,19). The molecular formula is C15H23N3O3. The van der Waals surface area contributed by atoms with Gasteiger partial charge in [0.05, 0.1) is 11.3 Å². The van der Waals surface area contributed by atoms with Crippen LogP contribution in [0, 0.1) is 6.92 Å². The van der Waals surface area contributed by atoms with Gasteiger partial charge in [-0.1, -0.05) is 13.8 Å². The van der Waals surface area contributed by atoms with Crippen LogP contribution < -0.4 is 5.56 Å². The molecule has 0 atom stereocenters. The molecule has 0 saturated carbocycles. The summed E-state index contributed by atoms with van der Waals surface area (Å²) in [5, 5.41) is 9.93. The molecule has 0 aromatic carbocycles. The van der Waals surface area contributed by atoms with Crippen molar-refractivity contribution >= 4 is 5.91 Å². The van der Waals surface area contributed by atoms with Crippen LogP contribution in [-0.2, 0) is 0 Å². The minimum atomic E-state index is -0.724. The molecule has 1 saturated heterocycles. The summed E-state index contributed by atoms with van der Waals surface area (Å²) in [5.41, 5.74) is -0.530. The molecule has 6 nitrogen and oxygen atoms in total. The van der Waals surface area contributed by atoms with Crippen LogP contribution in [0.3, 0.4) is 0 Å². The Labute approximate surface area is 124 Å². The van der Waals surface area contributed by atoms with Gasteiger partial charge in [0.25, 0.3) is 11.5 Å². The second-order valence-corrected chi connectivity index (χ2v) is 6.36. The number of carbonyl (C=O) groups is 1. The fraction of sp³-hybridized carbons (Fsp3) is 0.667. The summed E-state index contributed by atoms with van der Waals surface area (Å²) in [7, 11) is 0. The molecule has 1 aromatic heterocycles. The lowest BCUT2D eigenvalue weighted by atomic mass is 9.93. The number of H-pyrrole nitrogens is 1. The van der Waals surface area contributed by atoms with E-state index in [2.05, 4.69) is 9.97 Å². The molecule has 0 spiro atoms. The van der Waals surface area contributed by atoms with Gasteiger partial charge >= 0.3 is 0 Å². The van der Waals surface area contributed by atoms with Crippen molar-refractivity contribution in [2.75, 3.05) is 13.1 Å². The highest BCUT2D eigenvalue weighted by molar-refractivity contribution is 5.94. The van der Waals surface area contributed by atoms with E-state index in [1.807, 2.05) is 13.8 Å². The Morgan fingerprint density at radius 2 is 1.95 bits per heavy atom. The zero-order valence-electron chi connectivity index (χ0n) is 13.1. The van der Waals surface area contributed by atoms with Crippen molar-refractivity contribution in [3.8, 4) is 0 Å². The van der Waals surface area contributed by atoms with Gasteiger partial charge in [-0.05, 0) is 26.7 Å². The number of aliphatic hydroxyl groups is 1. The monoisotopic (exact) mass is 293 g/mol. The van der Waals surface area contributed by atoms with Crippen molar-refractivity contribution in [2.24, 2.45) is 0 Å². The Morgan fingerprint density at radius 1 is 1.38 bits per heavy atom. The van der Waals surface area contributed by atoms with Crippen molar-refractivity contribution in [1.82, 2.24) is 14.9 Å². The second-order valence-electron chi connectivity index (χ2n) is 6.36. The summed E-state index contributed by atoms with van der Waals surface area (Å²) in [6.45, 7) is 8.24. The van der Waals surface area contributed by atoms with E-state index in [4.69, 9.17) is 0 Å². The average Bonchev–Trinajstić information content (AvgIpc) is 2.37. The van der Waals surface area contributed by atoms with Crippen molar-refractivity contribution in [1.29, 1.82) is 0 Å². The highest BCUT2D eigenvalue weighted by Crippen LogP contribution is 2.22. The van der Waals surface area contributed by atoms with Gasteiger partial charge in [-0.25, -0.2) is 4.98 Å². The second kappa shape index (κ2) is 5.60. The number of aryl methyl sites for hydroxylation is 1. The maximum Gasteiger partial charge on any atom is 0.264 e. The molecule has 1 aliphatic rings. The molecule has 0 unspecified atom stereocenters. The fourth-order valence-corrected chi connectivity index (χ4v) is 2.48. The van der Waals surface area contributed by atoms with Gasteiger partial charge in [0.15, 0.2) is 0 Å². The van der Waals surface area contributed by atoms with E-state index in [1.54, 1.807) is 18.7 Å². The van der Waals surface area contributed by atoms with E-state index in [0.29, 0.717) is 37.4 Å². The molecule has 21 heavy (non-hydrogen) atoms. The number of carbonyl (C=O) groups excluding carboxylic acids is 1. The molecule has 0 bridgehead atoms. The third-order valence-electron chi connectivity index (χ3n) is 4.01. The van der Waals surface area contributed by atoms with Crippen molar-refractivity contribution < 1.29 is 9.90 Å². The van der Waals surface area contributed by atoms with Crippen LogP contribution in [0.25, 0.3) is 0 Å². The van der Waals surface area contributed by atoms with Crippen LogP contribution >= 0.6 is 0 Å². The normalized spacial score (nSPS) is 18.1. The lowest BCUT2D eigenvalue weighted by Gasteiger charge is -2.35. The molecule has 1 aliphatic heterocycles. The first-order valence-corrected chi connectivity index (χ1v) is 7.34. The van der Waals surface area contributed by atoms with Gasteiger partial charge in [-0.15, -0.1) is 0 Å². The average molecular weight is 293 g/mol. The van der Waals surface area contributed by atoms with E-state index in [-0.39, 0.29) is 22.9 Å². The van der Waals surface area contributed by atoms with Crippen molar-refractivity contribution in [3.63, 3.8) is 0 Å². The summed E-state index contributed by atoms with van der Waals surface area (Å²) in [5.74, 6) is 0.397. The Kier molecular flexibility index (Phi) is 4.18. The molecule has 0 radical (unpaired) electrons. The number of nitrogens with zero attached hydrogens (tertiary/aromatic N) is 2. The number of rotatable bonds is 2. The molecule has 1 fully saturated rings. The van der Waals surface area contributed by atoms with Crippen LogP contribution in [0.5, 0.6) is 0 Å². The molecule has 0 aliphatic carbocycles. The predicted octanol–water partition coefficient (Wildman–Crippen LogP) is 1.19. The number of piperidine rings is 1. The number of aromatic amines is 1. The van der Waals surface area contributed by atoms with Crippen LogP contribution in [0.15, 0.2) is 4.79 Å². The lowest BCUT2D eigenvalue weighted by Crippen LogP contribution is -2.46. The lowest BCUT2D eigenvalue weighted by molar-refractivity contribution is -0.00210. The van der Waals surface area contributed by atoms with Crippen LogP contribution in [-0.4, -0.2) is 44.6 Å². The minimum absolute atomic E-state index is 0.102. The van der Waals surface area contributed by atoms with E-state index < -0.39 is 5.60 Å². The molecular weight excluding hydrogens is 270 g/mol. The number of aromatic nitrogens is 2. The third kappa shape index (κ3) is 3.32. The molecule has 2 heterocycles. The molecule has 1 amide bonds. The van der Waals surface area contributed by atoms with Crippen LogP contribution in [0.4, 0.5) is 0 Å². The van der Waals surface area contributed by atoms with Gasteiger partial charge in [0.1, 0.15) is 11.4 Å². The Morgan fingerprint density at radius 3 is 2.43 bits per heavy atom. The van der Waals surface area contributed by atoms with Gasteiger partial charge in [0.2, 0.25) is 0 Å². The minimum Gasteiger partial charge on any atom is -0.390 e. The van der Waals surface area contributed by atoms with E-state index >= 15 is 0 Å². The van der Waals surface area contributed by atoms with Gasteiger partial charge < -0.3 is 15.0 Å². The Bertz CT molecular complexity index is 595. The van der Waals surface area contributed by atoms with E-state index in [0.717, 1.165) is 0 Å². The summed E-state index contributed by atoms with van der Waals surface area (Å²) in [4.78, 5) is 33.3. The summed E-state index contributed by atoms with van der Waals surface area (Å²) < 4.78 is 0. The fourth-order valence-electron chi connectivity index (χ4n) is 2.48. The molecule has 1 aromatic rings. The molecule has 6 heteroatoms. The van der Waals surface area contributed by atoms with Crippen LogP contribution in [0.2, 0.25) is 0 Å². The Balaban J connectivity index is 2.26. The smallest absolute Gasteiger partial charge is 0.264 e. The molecule has 2 rings (SSSR count). The first-order chi connectivity index (χ1) is 9.71. The number of nitrogens with one attached hydrogen (secondary N) is 1. The quantitative estimate of drug-likeness (QED) is 0.857. The van der Waals surface area contributed by atoms with Gasteiger partial charge in [-0.2, -0.15) is 0 Å². The Hall–Kier alpha value is -1.69. The van der Waals surface area contributed by atoms with Gasteiger partial charge in [0, 0.05) is 19.0 Å². The van der Waals surface area contributed by atoms with Gasteiger partial charge in [-0.3, -0.25) is 9.59 Å². The largest absolute Gasteiger partial charge is 0.390 e. The molecule has 116 valence electrons.